The molecule has 1 saturated heterocycles. The smallest absolute Gasteiger partial charge is 0.363 e. The topological polar surface area (TPSA) is 194 Å². The van der Waals surface area contributed by atoms with Gasteiger partial charge in [-0.2, -0.15) is 12.7 Å². The van der Waals surface area contributed by atoms with Crippen LogP contribution in [0.1, 0.15) is 5.69 Å². The Morgan fingerprint density at radius 2 is 2.09 bits per heavy atom. The summed E-state index contributed by atoms with van der Waals surface area (Å²) < 4.78 is 36.8. The summed E-state index contributed by atoms with van der Waals surface area (Å²) in [4.78, 5) is 56.3. The number of anilines is 1. The molecular weight excluding hydrogens is 514 g/mol. The highest BCUT2D eigenvalue weighted by Crippen LogP contribution is 2.32. The second-order valence-electron chi connectivity index (χ2n) is 5.68. The van der Waals surface area contributed by atoms with Crippen LogP contribution in [0.25, 0.3) is 0 Å². The van der Waals surface area contributed by atoms with E-state index in [4.69, 9.17) is 11.6 Å². The van der Waals surface area contributed by atoms with Crippen LogP contribution in [0.15, 0.2) is 10.5 Å². The minimum atomic E-state index is -4.94. The van der Waals surface area contributed by atoms with Gasteiger partial charge in [-0.3, -0.25) is 23.7 Å². The number of nitrogens with zero attached hydrogens (tertiary/aromatic N) is 3. The largest absolute Gasteiger partial charge is 0.468 e. The first-order chi connectivity index (χ1) is 15.0. The van der Waals surface area contributed by atoms with Crippen molar-refractivity contribution in [1.82, 2.24) is 14.6 Å². The van der Waals surface area contributed by atoms with Gasteiger partial charge in [-0.25, -0.2) is 4.98 Å². The van der Waals surface area contributed by atoms with Crippen LogP contribution in [0.3, 0.4) is 0 Å². The van der Waals surface area contributed by atoms with E-state index in [2.05, 4.69) is 30.3 Å². The first-order valence-electron chi connectivity index (χ1n) is 8.26. The maximum atomic E-state index is 12.7. The minimum absolute atomic E-state index is 0.0172. The highest BCUT2D eigenvalue weighted by Gasteiger charge is 2.54. The number of aromatic nitrogens is 1. The lowest BCUT2D eigenvalue weighted by molar-refractivity contribution is -0.141. The van der Waals surface area contributed by atoms with E-state index in [-0.39, 0.29) is 32.5 Å². The number of nitrogens with one attached hydrogen (secondary N) is 2. The summed E-state index contributed by atoms with van der Waals surface area (Å²) in [6.45, 7) is 0. The van der Waals surface area contributed by atoms with Crippen LogP contribution in [0.4, 0.5) is 5.13 Å². The minimum Gasteiger partial charge on any atom is -0.468 e. The van der Waals surface area contributed by atoms with Crippen LogP contribution in [-0.4, -0.2) is 88.9 Å². The van der Waals surface area contributed by atoms with Gasteiger partial charge in [0.2, 0.25) is 5.91 Å². The van der Waals surface area contributed by atoms with Crippen molar-refractivity contribution in [2.75, 3.05) is 31.2 Å². The molecule has 2 heterocycles. The van der Waals surface area contributed by atoms with E-state index in [1.54, 1.807) is 0 Å². The van der Waals surface area contributed by atoms with Crippen molar-refractivity contribution >= 4 is 79.5 Å². The number of amides is 3. The molecule has 0 aliphatic carbocycles. The van der Waals surface area contributed by atoms with Gasteiger partial charge in [-0.15, -0.1) is 34.7 Å². The number of esters is 1. The van der Waals surface area contributed by atoms with Crippen LogP contribution in [-0.2, 0) is 39.1 Å². The Morgan fingerprint density at radius 3 is 2.66 bits per heavy atom. The third-order valence-electron chi connectivity index (χ3n) is 3.65. The number of halogens is 1. The summed E-state index contributed by atoms with van der Waals surface area (Å²) in [5.41, 5.74) is -0.402. The molecule has 18 heteroatoms. The predicted octanol–water partition coefficient (Wildman–Crippen LogP) is -0.967. The van der Waals surface area contributed by atoms with Gasteiger partial charge in [0.1, 0.15) is 30.1 Å². The Balaban J connectivity index is 2.21. The molecule has 1 aromatic heterocycles. The number of methoxy groups -OCH3 is 1. The average molecular weight is 530 g/mol. The lowest BCUT2D eigenvalue weighted by Crippen LogP contribution is -2.71. The molecule has 2 atom stereocenters. The maximum absolute atomic E-state index is 12.7. The number of thiazole rings is 1. The summed E-state index contributed by atoms with van der Waals surface area (Å²) in [6.07, 6.45) is 0. The van der Waals surface area contributed by atoms with Crippen LogP contribution >= 0.6 is 34.7 Å². The Morgan fingerprint density at radius 1 is 1.41 bits per heavy atom. The molecule has 32 heavy (non-hydrogen) atoms. The lowest BCUT2D eigenvalue weighted by Gasteiger charge is -2.43. The third kappa shape index (κ3) is 6.06. The molecule has 0 saturated carbocycles. The predicted molar refractivity (Wildman–Crippen MR) is 114 cm³/mol. The molecular formula is C14H16ClN5O9S3. The fourth-order valence-corrected chi connectivity index (χ4v) is 5.34. The molecule has 1 fully saturated rings. The number of carbonyl (C=O) groups excluding carboxylic acids is 4. The number of hydrogen-bond acceptors (Lipinski definition) is 12. The van der Waals surface area contributed by atoms with E-state index in [0.717, 1.165) is 25.6 Å². The van der Waals surface area contributed by atoms with Crippen molar-refractivity contribution < 1.29 is 41.7 Å². The second kappa shape index (κ2) is 10.9. The molecule has 0 spiro atoms. The number of oxime groups is 1. The van der Waals surface area contributed by atoms with Gasteiger partial charge in [0.15, 0.2) is 10.8 Å². The van der Waals surface area contributed by atoms with Gasteiger partial charge in [0.05, 0.1) is 12.9 Å². The maximum Gasteiger partial charge on any atom is 0.363 e. The normalized spacial score (nSPS) is 18.6. The summed E-state index contributed by atoms with van der Waals surface area (Å²) >= 11 is 7.02. The highest BCUT2D eigenvalue weighted by atomic mass is 35.5. The summed E-state index contributed by atoms with van der Waals surface area (Å²) in [7, 11) is -2.68. The van der Waals surface area contributed by atoms with Gasteiger partial charge in [-0.05, 0) is 0 Å². The zero-order valence-electron chi connectivity index (χ0n) is 16.3. The first-order valence-corrected chi connectivity index (χ1v) is 12.1. The van der Waals surface area contributed by atoms with E-state index in [1.807, 2.05) is 0 Å². The molecule has 0 bridgehead atoms. The van der Waals surface area contributed by atoms with Crippen LogP contribution in [0, 0.1) is 0 Å². The third-order valence-corrected chi connectivity index (χ3v) is 6.91. The molecule has 0 aromatic carbocycles. The molecule has 0 unspecified atom stereocenters. The van der Waals surface area contributed by atoms with Crippen molar-refractivity contribution in [3.8, 4) is 0 Å². The van der Waals surface area contributed by atoms with E-state index < -0.39 is 45.4 Å². The zero-order chi connectivity index (χ0) is 24.1. The van der Waals surface area contributed by atoms with Crippen molar-refractivity contribution in [1.29, 1.82) is 0 Å². The fraction of sp³-hybridized carbons (Fsp3) is 0.429. The lowest BCUT2D eigenvalue weighted by atomic mass is 10.1. The van der Waals surface area contributed by atoms with Gasteiger partial charge < -0.3 is 20.2 Å². The number of rotatable bonds is 10. The summed E-state index contributed by atoms with van der Waals surface area (Å²) in [6, 6.07) is -1.42. The quantitative estimate of drug-likeness (QED) is 0.0842. The molecule has 1 aliphatic rings. The zero-order valence-corrected chi connectivity index (χ0v) is 19.5. The SMILES string of the molecule is CON=C(C(=O)N[C@@H]1C(=O)N(S(=O)(=O)O)[C@@H]1SCC(=O)OC)c1csc(NC(=O)CCl)n1. The Labute approximate surface area is 194 Å². The molecule has 2 rings (SSSR count). The van der Waals surface area contributed by atoms with E-state index in [9.17, 15) is 32.1 Å². The molecule has 176 valence electrons. The molecule has 1 aliphatic heterocycles. The number of carbonyl (C=O) groups is 4. The van der Waals surface area contributed by atoms with Gasteiger partial charge >= 0.3 is 16.3 Å². The Hall–Kier alpha value is -2.47. The first kappa shape index (κ1) is 25.8. The van der Waals surface area contributed by atoms with E-state index in [0.29, 0.717) is 11.8 Å². The molecule has 1 aromatic rings. The van der Waals surface area contributed by atoms with Crippen molar-refractivity contribution in [2.45, 2.75) is 11.4 Å². The standard InChI is InChI=1S/C14H16ClN5O9S3/c1-28-8(22)5-30-13-10(12(24)20(13)32(25,26)27)18-11(23)9(19-29-2)6-4-31-14(16-6)17-7(21)3-15/h4,10,13H,3,5H2,1-2H3,(H,18,23)(H,16,17,21)(H,25,26,27)/t10-,13-/m1/s1. The van der Waals surface area contributed by atoms with E-state index >= 15 is 0 Å². The van der Waals surface area contributed by atoms with E-state index in [1.165, 1.54) is 5.38 Å². The average Bonchev–Trinajstić information content (AvgIpc) is 3.19. The van der Waals surface area contributed by atoms with Crippen LogP contribution in [0.2, 0.25) is 0 Å². The number of β-lactam (4-membered cyclic amide) rings is 1. The molecule has 0 radical (unpaired) electrons. The summed E-state index contributed by atoms with van der Waals surface area (Å²) in [5, 5.41) is 8.39. The molecule has 3 N–H and O–H groups in total. The van der Waals surface area contributed by atoms with Crippen molar-refractivity contribution in [2.24, 2.45) is 5.16 Å². The van der Waals surface area contributed by atoms with Gasteiger partial charge in [-0.1, -0.05) is 5.16 Å². The Bertz CT molecular complexity index is 1040. The second-order valence-corrected chi connectivity index (χ2v) is 9.20. The fourth-order valence-electron chi connectivity index (χ4n) is 2.29. The number of thioether (sulfide) groups is 1. The Kier molecular flexibility index (Phi) is 8.79. The monoisotopic (exact) mass is 529 g/mol. The number of hydrogen-bond donors (Lipinski definition) is 3. The number of ether oxygens (including phenoxy) is 1. The van der Waals surface area contributed by atoms with Gasteiger partial charge in [0.25, 0.3) is 11.8 Å². The molecule has 14 nitrogen and oxygen atoms in total. The van der Waals surface area contributed by atoms with Gasteiger partial charge in [0, 0.05) is 5.38 Å². The van der Waals surface area contributed by atoms with Crippen LogP contribution < -0.4 is 10.6 Å². The summed E-state index contributed by atoms with van der Waals surface area (Å²) in [5.74, 6) is -4.02. The number of alkyl halides is 1. The molecule has 3 amide bonds. The highest BCUT2D eigenvalue weighted by molar-refractivity contribution is 8.01. The van der Waals surface area contributed by atoms with Crippen molar-refractivity contribution in [3.63, 3.8) is 0 Å². The van der Waals surface area contributed by atoms with Crippen LogP contribution in [0.5, 0.6) is 0 Å². The van der Waals surface area contributed by atoms with Crippen molar-refractivity contribution in [3.05, 3.63) is 11.1 Å².